The zero-order chi connectivity index (χ0) is 22.2. The minimum absolute atomic E-state index is 0.229. The normalized spacial score (nSPS) is 15.1. The number of aromatic nitrogens is 2. The van der Waals surface area contributed by atoms with Gasteiger partial charge in [-0.05, 0) is 54.3 Å². The Balaban J connectivity index is 1.65. The third kappa shape index (κ3) is 3.30. The Bertz CT molecular complexity index is 1300. The Kier molecular flexibility index (Phi) is 5.28. The lowest BCUT2D eigenvalue weighted by atomic mass is 9.98. The van der Waals surface area contributed by atoms with E-state index in [2.05, 4.69) is 10.2 Å². The molecule has 32 heavy (non-hydrogen) atoms. The lowest BCUT2D eigenvalue weighted by molar-refractivity contribution is 0.0526. The van der Waals surface area contributed by atoms with E-state index in [9.17, 15) is 9.59 Å². The minimum Gasteiger partial charge on any atom is -0.462 e. The van der Waals surface area contributed by atoms with E-state index in [0.29, 0.717) is 28.6 Å². The highest BCUT2D eigenvalue weighted by molar-refractivity contribution is 7.13. The van der Waals surface area contributed by atoms with Crippen molar-refractivity contribution in [3.05, 3.63) is 93.5 Å². The quantitative estimate of drug-likeness (QED) is 0.384. The van der Waals surface area contributed by atoms with E-state index < -0.39 is 12.0 Å². The van der Waals surface area contributed by atoms with E-state index in [4.69, 9.17) is 16.3 Å². The maximum atomic E-state index is 13.5. The van der Waals surface area contributed by atoms with Gasteiger partial charge in [-0.1, -0.05) is 35.9 Å². The number of halogens is 1. The summed E-state index contributed by atoms with van der Waals surface area (Å²) in [6.07, 6.45) is 0. The summed E-state index contributed by atoms with van der Waals surface area (Å²) in [5, 5.41) is 9.95. The van der Waals surface area contributed by atoms with Crippen LogP contribution in [0.4, 0.5) is 5.69 Å². The molecule has 2 aromatic heterocycles. The molecule has 1 N–H and O–H groups in total. The van der Waals surface area contributed by atoms with E-state index in [1.165, 1.54) is 0 Å². The second kappa shape index (κ2) is 8.26. The van der Waals surface area contributed by atoms with Gasteiger partial charge in [-0.2, -0.15) is 5.10 Å². The van der Waals surface area contributed by atoms with E-state index in [0.717, 1.165) is 21.7 Å². The lowest BCUT2D eigenvalue weighted by Gasteiger charge is -2.27. The number of anilines is 1. The smallest absolute Gasteiger partial charge is 0.338 e. The number of H-pyrrole nitrogens is 1. The summed E-state index contributed by atoms with van der Waals surface area (Å²) in [4.78, 5) is 28.2. The number of esters is 1. The Morgan fingerprint density at radius 2 is 1.94 bits per heavy atom. The molecular weight excluding hydrogens is 446 g/mol. The number of hydrogen-bond donors (Lipinski definition) is 1. The number of nitrogens with zero attached hydrogens (tertiary/aromatic N) is 2. The van der Waals surface area contributed by atoms with E-state index in [1.807, 2.05) is 41.8 Å². The van der Waals surface area contributed by atoms with Gasteiger partial charge in [0, 0.05) is 16.3 Å². The Morgan fingerprint density at radius 3 is 2.62 bits per heavy atom. The fourth-order valence-electron chi connectivity index (χ4n) is 3.98. The molecule has 0 saturated carbocycles. The second-order valence-corrected chi connectivity index (χ2v) is 8.56. The topological polar surface area (TPSA) is 75.3 Å². The predicted molar refractivity (Wildman–Crippen MR) is 124 cm³/mol. The molecule has 0 radical (unpaired) electrons. The monoisotopic (exact) mass is 463 g/mol. The van der Waals surface area contributed by atoms with Crippen molar-refractivity contribution < 1.29 is 14.3 Å². The number of carbonyl (C=O) groups is 2. The van der Waals surface area contributed by atoms with Crippen molar-refractivity contribution >= 4 is 40.5 Å². The molecule has 0 saturated heterocycles. The summed E-state index contributed by atoms with van der Waals surface area (Å²) < 4.78 is 5.07. The molecular formula is C24H18ClN3O3S. The third-order valence-electron chi connectivity index (χ3n) is 5.38. The van der Waals surface area contributed by atoms with Crippen molar-refractivity contribution in [2.24, 2.45) is 0 Å². The highest BCUT2D eigenvalue weighted by atomic mass is 35.5. The number of nitrogens with one attached hydrogen (secondary N) is 1. The van der Waals surface area contributed by atoms with Crippen LogP contribution >= 0.6 is 22.9 Å². The first-order chi connectivity index (χ1) is 15.6. The highest BCUT2D eigenvalue weighted by Crippen LogP contribution is 2.47. The van der Waals surface area contributed by atoms with Crippen LogP contribution in [-0.2, 0) is 4.74 Å². The summed E-state index contributed by atoms with van der Waals surface area (Å²) >= 11 is 8.16. The van der Waals surface area contributed by atoms with Gasteiger partial charge < -0.3 is 4.74 Å². The molecule has 4 aromatic rings. The van der Waals surface area contributed by atoms with Gasteiger partial charge in [0.25, 0.3) is 5.91 Å². The number of rotatable bonds is 5. The molecule has 1 atom stereocenters. The average Bonchev–Trinajstić information content (AvgIpc) is 3.52. The Morgan fingerprint density at radius 1 is 1.16 bits per heavy atom. The molecule has 2 aromatic carbocycles. The van der Waals surface area contributed by atoms with Gasteiger partial charge in [0.2, 0.25) is 0 Å². The van der Waals surface area contributed by atoms with Crippen molar-refractivity contribution in [3.63, 3.8) is 0 Å². The van der Waals surface area contributed by atoms with E-state index >= 15 is 0 Å². The molecule has 1 aliphatic rings. The maximum Gasteiger partial charge on any atom is 0.338 e. The fraction of sp³-hybridized carbons (Fsp3) is 0.125. The molecule has 1 unspecified atom stereocenters. The summed E-state index contributed by atoms with van der Waals surface area (Å²) in [6.45, 7) is 2.06. The number of benzene rings is 2. The number of ether oxygens (including phenoxy) is 1. The van der Waals surface area contributed by atoms with Crippen molar-refractivity contribution in [2.75, 3.05) is 11.5 Å². The van der Waals surface area contributed by atoms with Gasteiger partial charge in [0.05, 0.1) is 28.8 Å². The van der Waals surface area contributed by atoms with Crippen LogP contribution in [-0.4, -0.2) is 28.7 Å². The molecule has 1 aliphatic heterocycles. The number of aromatic amines is 1. The van der Waals surface area contributed by atoms with Gasteiger partial charge in [-0.25, -0.2) is 4.79 Å². The first-order valence-corrected chi connectivity index (χ1v) is 11.3. The van der Waals surface area contributed by atoms with Crippen LogP contribution in [0, 0.1) is 0 Å². The van der Waals surface area contributed by atoms with Crippen LogP contribution in [0.5, 0.6) is 0 Å². The summed E-state index contributed by atoms with van der Waals surface area (Å²) in [5.41, 5.74) is 3.83. The van der Waals surface area contributed by atoms with Gasteiger partial charge in [-0.3, -0.25) is 14.8 Å². The van der Waals surface area contributed by atoms with Crippen LogP contribution in [0.15, 0.2) is 66.0 Å². The van der Waals surface area contributed by atoms with Crippen LogP contribution in [0.1, 0.15) is 44.9 Å². The van der Waals surface area contributed by atoms with Crippen LogP contribution in [0.3, 0.4) is 0 Å². The first-order valence-electron chi connectivity index (χ1n) is 10.1. The number of hydrogen-bond acceptors (Lipinski definition) is 5. The zero-order valence-electron chi connectivity index (χ0n) is 17.0. The molecule has 0 aliphatic carbocycles. The SMILES string of the molecule is CCOC(=O)c1ccc(N2C(=O)c3n[nH]c(-c4cccs4)c3C2c2ccccc2Cl)cc1. The van der Waals surface area contributed by atoms with Crippen molar-refractivity contribution in [2.45, 2.75) is 13.0 Å². The summed E-state index contributed by atoms with van der Waals surface area (Å²) in [6, 6.07) is 17.8. The third-order valence-corrected chi connectivity index (χ3v) is 6.61. The van der Waals surface area contributed by atoms with E-state index in [1.54, 1.807) is 47.4 Å². The molecule has 6 nitrogen and oxygen atoms in total. The average molecular weight is 464 g/mol. The molecule has 0 spiro atoms. The largest absolute Gasteiger partial charge is 0.462 e. The predicted octanol–water partition coefficient (Wildman–Crippen LogP) is 5.72. The molecule has 1 amide bonds. The van der Waals surface area contributed by atoms with Crippen molar-refractivity contribution in [1.29, 1.82) is 0 Å². The molecule has 3 heterocycles. The van der Waals surface area contributed by atoms with Crippen LogP contribution in [0.2, 0.25) is 5.02 Å². The molecule has 5 rings (SSSR count). The molecule has 0 fully saturated rings. The Hall–Kier alpha value is -3.42. The van der Waals surface area contributed by atoms with Gasteiger partial charge in [0.1, 0.15) is 0 Å². The first kappa shape index (κ1) is 20.5. The number of fused-ring (bicyclic) bond motifs is 1. The molecule has 0 bridgehead atoms. The van der Waals surface area contributed by atoms with Crippen LogP contribution in [0.25, 0.3) is 10.6 Å². The number of thiophene rings is 1. The summed E-state index contributed by atoms with van der Waals surface area (Å²) in [7, 11) is 0. The van der Waals surface area contributed by atoms with Gasteiger partial charge >= 0.3 is 5.97 Å². The molecule has 160 valence electrons. The summed E-state index contributed by atoms with van der Waals surface area (Å²) in [5.74, 6) is -0.629. The fourth-order valence-corrected chi connectivity index (χ4v) is 4.95. The zero-order valence-corrected chi connectivity index (χ0v) is 18.6. The van der Waals surface area contributed by atoms with Gasteiger partial charge in [-0.15, -0.1) is 11.3 Å². The number of amides is 1. The lowest BCUT2D eigenvalue weighted by Crippen LogP contribution is -2.29. The van der Waals surface area contributed by atoms with Crippen molar-refractivity contribution in [1.82, 2.24) is 10.2 Å². The standard InChI is InChI=1S/C24H18ClN3O3S/c1-2-31-24(30)14-9-11-15(12-10-14)28-22(16-6-3-4-7-17(16)25)19-20(18-8-5-13-32-18)26-27-21(19)23(28)29/h3-13,22H,2H2,1H3,(H,26,27). The van der Waals surface area contributed by atoms with Gasteiger partial charge in [0.15, 0.2) is 5.69 Å². The second-order valence-electron chi connectivity index (χ2n) is 7.20. The van der Waals surface area contributed by atoms with Crippen molar-refractivity contribution in [3.8, 4) is 10.6 Å². The van der Waals surface area contributed by atoms with Crippen LogP contribution < -0.4 is 4.90 Å². The minimum atomic E-state index is -0.463. The highest BCUT2D eigenvalue weighted by Gasteiger charge is 2.44. The maximum absolute atomic E-state index is 13.5. The molecule has 8 heteroatoms. The number of carbonyl (C=O) groups excluding carboxylic acids is 2. The Labute approximate surface area is 193 Å². The van der Waals surface area contributed by atoms with E-state index in [-0.39, 0.29) is 5.91 Å².